The Kier molecular flexibility index (Phi) is 9.14. The van der Waals surface area contributed by atoms with Gasteiger partial charge in [0.25, 0.3) is 0 Å². The zero-order valence-corrected chi connectivity index (χ0v) is 37.9. The number of rotatable bonds is 8. The first-order valence-corrected chi connectivity index (χ1v) is 21.1. The van der Waals surface area contributed by atoms with Crippen molar-refractivity contribution in [2.75, 3.05) is 0 Å². The predicted octanol–water partition coefficient (Wildman–Crippen LogP) is 15.5. The number of para-hydroxylation sites is 1. The number of imidazole rings is 1. The Morgan fingerprint density at radius 2 is 1.15 bits per heavy atom. The van der Waals surface area contributed by atoms with Gasteiger partial charge in [0.15, 0.2) is 0 Å². The topological polar surface area (TPSA) is 50.9 Å². The fourth-order valence-electron chi connectivity index (χ4n) is 8.58. The van der Waals surface area contributed by atoms with Crippen molar-refractivity contribution >= 4 is 11.0 Å². The molecule has 0 fully saturated rings. The number of phenols is 1. The van der Waals surface area contributed by atoms with Gasteiger partial charge in [-0.25, -0.2) is 4.98 Å². The Labute approximate surface area is 408 Å². The van der Waals surface area contributed by atoms with E-state index in [9.17, 15) is 5.11 Å². The molecular formula is C60H48N3OPt-. The Morgan fingerprint density at radius 1 is 0.538 bits per heavy atom. The monoisotopic (exact) mass is 1030 g/mol. The van der Waals surface area contributed by atoms with Gasteiger partial charge in [0, 0.05) is 50.9 Å². The molecule has 1 N–H and O–H groups in total. The minimum Gasteiger partial charge on any atom is -0.507 e. The van der Waals surface area contributed by atoms with E-state index in [1.165, 1.54) is 12.1 Å². The Hall–Kier alpha value is -7.13. The van der Waals surface area contributed by atoms with Gasteiger partial charge in [-0.3, -0.25) is 9.55 Å². The number of hydrogen-bond donors (Lipinski definition) is 1. The van der Waals surface area contributed by atoms with Crippen LogP contribution in [-0.2, 0) is 26.5 Å². The molecule has 65 heavy (non-hydrogen) atoms. The first-order chi connectivity index (χ1) is 34.8. The fourth-order valence-corrected chi connectivity index (χ4v) is 8.58. The normalized spacial score (nSPS) is 14.0. The molecule has 2 heterocycles. The summed E-state index contributed by atoms with van der Waals surface area (Å²) in [4.78, 5) is 10.3. The van der Waals surface area contributed by atoms with E-state index in [0.717, 1.165) is 44.5 Å². The van der Waals surface area contributed by atoms with Crippen LogP contribution in [0.3, 0.4) is 0 Å². The van der Waals surface area contributed by atoms with Crippen LogP contribution in [0.1, 0.15) is 49.6 Å². The van der Waals surface area contributed by atoms with Crippen LogP contribution in [0.25, 0.3) is 95.0 Å². The summed E-state index contributed by atoms with van der Waals surface area (Å²) in [6.07, 6.45) is 1.80. The van der Waals surface area contributed by atoms with Crippen LogP contribution in [0.4, 0.5) is 0 Å². The van der Waals surface area contributed by atoms with Crippen LogP contribution in [0, 0.1) is 19.9 Å². The largest absolute Gasteiger partial charge is 0.507 e. The third-order valence-electron chi connectivity index (χ3n) is 11.8. The molecule has 0 aliphatic heterocycles. The summed E-state index contributed by atoms with van der Waals surface area (Å²) in [5.74, 6) is 0.325. The second-order valence-electron chi connectivity index (χ2n) is 16.2. The van der Waals surface area contributed by atoms with Crippen molar-refractivity contribution in [2.45, 2.75) is 39.8 Å². The van der Waals surface area contributed by atoms with Gasteiger partial charge in [-0.15, -0.1) is 23.8 Å². The summed E-state index contributed by atoms with van der Waals surface area (Å²) in [5.41, 5.74) is 9.69. The molecule has 0 bridgehead atoms. The van der Waals surface area contributed by atoms with Gasteiger partial charge in [0.2, 0.25) is 0 Å². The van der Waals surface area contributed by atoms with Gasteiger partial charge in [0.05, 0.1) is 22.3 Å². The maximum absolute atomic E-state index is 11.9. The second kappa shape index (κ2) is 17.8. The van der Waals surface area contributed by atoms with E-state index in [2.05, 4.69) is 60.7 Å². The number of nitrogens with zero attached hydrogens (tertiary/aromatic N) is 3. The number of hydrogen-bond acceptors (Lipinski definition) is 3. The number of aromatic nitrogens is 3. The van der Waals surface area contributed by atoms with Crippen molar-refractivity contribution < 1.29 is 38.5 Å². The molecular weight excluding hydrogens is 974 g/mol. The van der Waals surface area contributed by atoms with Crippen LogP contribution >= 0.6 is 0 Å². The van der Waals surface area contributed by atoms with Gasteiger partial charge in [-0.05, 0) is 99.7 Å². The van der Waals surface area contributed by atoms with Crippen molar-refractivity contribution in [1.82, 2.24) is 14.5 Å². The molecule has 0 amide bonds. The molecule has 0 spiro atoms. The standard InChI is InChI=1S/C60H48N3O.Pt/c1-39-32-40(2)58(64)53(33-39)59-62-57-51(22-15-23-56(57)63(59)55-29-28-50(60(3,4)5)38-52(55)45-20-13-8-14-21-45)48-34-47(42-18-11-7-12-19-42)35-49(36-48)54-37-46(30-31-61-54)44-26-24-43(25-27-44)41-16-9-6-10-17-41;/h6-35,37-38,64H,1-5H3;/q-1;/i3D3,4D3,5D3;. The quantitative estimate of drug-likeness (QED) is 0.154. The third kappa shape index (κ3) is 8.51. The van der Waals surface area contributed by atoms with Gasteiger partial charge in [-0.1, -0.05) is 183 Å². The van der Waals surface area contributed by atoms with Crippen LogP contribution < -0.4 is 0 Å². The third-order valence-corrected chi connectivity index (χ3v) is 11.8. The van der Waals surface area contributed by atoms with E-state index >= 15 is 0 Å². The number of fused-ring (bicyclic) bond motifs is 1. The van der Waals surface area contributed by atoms with E-state index in [1.807, 2.05) is 102 Å². The minimum atomic E-state index is -3.49. The molecule has 5 heteroatoms. The molecule has 4 nitrogen and oxygen atoms in total. The molecule has 8 aromatic carbocycles. The van der Waals surface area contributed by atoms with Gasteiger partial charge in [-0.2, -0.15) is 0 Å². The second-order valence-corrected chi connectivity index (χ2v) is 16.2. The molecule has 0 atom stereocenters. The predicted molar refractivity (Wildman–Crippen MR) is 266 cm³/mol. The van der Waals surface area contributed by atoms with Crippen molar-refractivity contribution in [2.24, 2.45) is 0 Å². The van der Waals surface area contributed by atoms with Crippen LogP contribution in [0.5, 0.6) is 5.75 Å². The summed E-state index contributed by atoms with van der Waals surface area (Å²) in [6, 6.07) is 63.3. The number of aryl methyl sites for hydroxylation is 2. The Bertz CT molecular complexity index is 3630. The summed E-state index contributed by atoms with van der Waals surface area (Å²) in [5, 5.41) is 11.9. The molecule has 0 aliphatic rings. The maximum Gasteiger partial charge on any atom is 0.148 e. The summed E-state index contributed by atoms with van der Waals surface area (Å²) in [7, 11) is 0. The van der Waals surface area contributed by atoms with E-state index in [-0.39, 0.29) is 26.8 Å². The van der Waals surface area contributed by atoms with Crippen LogP contribution in [0.15, 0.2) is 194 Å². The SMILES string of the molecule is [2H]C([2H])([2H])C(c1ccc(-n2c(-c3cc(C)cc(C)c3O)nc3c(-c4[c-]c(-c5cc(-c6ccc(-c7ccccc7)cc6)ccn5)cc(-c5ccccc5)c4)cccc32)c(-c2ccccc2)c1)(C([2H])([2H])[2H])C([2H])([2H])[2H].[Pt]. The van der Waals surface area contributed by atoms with Gasteiger partial charge >= 0.3 is 0 Å². The van der Waals surface area contributed by atoms with Gasteiger partial charge in [0.1, 0.15) is 11.6 Å². The number of pyridine rings is 1. The summed E-state index contributed by atoms with van der Waals surface area (Å²) in [6.45, 7) is -6.73. The zero-order chi connectivity index (χ0) is 51.5. The summed E-state index contributed by atoms with van der Waals surface area (Å²) >= 11 is 0. The molecule has 320 valence electrons. The van der Waals surface area contributed by atoms with Crippen LogP contribution in [-0.4, -0.2) is 19.6 Å². The number of phenolic OH excluding ortho intramolecular Hbond substituents is 1. The molecule has 0 unspecified atom stereocenters. The van der Waals surface area contributed by atoms with Crippen molar-refractivity contribution in [3.63, 3.8) is 0 Å². The molecule has 0 saturated heterocycles. The number of aromatic hydroxyl groups is 1. The van der Waals surface area contributed by atoms with E-state index in [0.29, 0.717) is 61.6 Å². The van der Waals surface area contributed by atoms with Crippen molar-refractivity contribution in [3.8, 4) is 89.7 Å². The first kappa shape index (κ1) is 33.4. The average molecular weight is 1030 g/mol. The van der Waals surface area contributed by atoms with E-state index in [4.69, 9.17) is 22.3 Å². The smallest absolute Gasteiger partial charge is 0.148 e. The van der Waals surface area contributed by atoms with Crippen molar-refractivity contribution in [3.05, 3.63) is 217 Å². The molecule has 2 aromatic heterocycles. The molecule has 10 aromatic rings. The van der Waals surface area contributed by atoms with E-state index in [1.54, 1.807) is 43.5 Å². The molecule has 0 saturated carbocycles. The van der Waals surface area contributed by atoms with E-state index < -0.39 is 31.5 Å². The number of benzene rings is 8. The minimum absolute atomic E-state index is 0. The van der Waals surface area contributed by atoms with Crippen molar-refractivity contribution in [1.29, 1.82) is 0 Å². The average Bonchev–Trinajstić information content (AvgIpc) is 3.76. The Balaban J connectivity index is 0.00000672. The maximum atomic E-state index is 11.9. The van der Waals surface area contributed by atoms with Gasteiger partial charge < -0.3 is 5.11 Å². The zero-order valence-electron chi connectivity index (χ0n) is 44.6. The molecule has 0 radical (unpaired) electrons. The summed E-state index contributed by atoms with van der Waals surface area (Å²) < 4.78 is 78.9. The molecule has 0 aliphatic carbocycles. The van der Waals surface area contributed by atoms with Crippen LogP contribution in [0.2, 0.25) is 0 Å². The molecule has 10 rings (SSSR count). The first-order valence-electron chi connectivity index (χ1n) is 25.6. The fraction of sp³-hybridized carbons (Fsp3) is 0.100. The Morgan fingerprint density at radius 3 is 1.83 bits per heavy atom.